The quantitative estimate of drug-likeness (QED) is 0.0639. The lowest BCUT2D eigenvalue weighted by molar-refractivity contribution is 0.0784. The molecule has 4 aromatic heterocycles. The number of aromatic amines is 1. The Hall–Kier alpha value is -9.59. The summed E-state index contributed by atoms with van der Waals surface area (Å²) in [7, 11) is -3.90. The van der Waals surface area contributed by atoms with Gasteiger partial charge in [-0.05, 0) is 85.6 Å². The number of likely N-dealkylation sites (tertiary alicyclic amines) is 2. The minimum atomic E-state index is -3.90. The second-order valence-electron chi connectivity index (χ2n) is 17.5. The molecule has 0 radical (unpaired) electrons. The van der Waals surface area contributed by atoms with Gasteiger partial charge in [0, 0.05) is 113 Å². The molecule has 73 heavy (non-hydrogen) atoms. The molecule has 2 aliphatic heterocycles. The van der Waals surface area contributed by atoms with Crippen LogP contribution in [0.1, 0.15) is 33.6 Å². The van der Waals surface area contributed by atoms with Crippen molar-refractivity contribution in [1.82, 2.24) is 38.7 Å². The summed E-state index contributed by atoms with van der Waals surface area (Å²) < 4.78 is 28.4. The van der Waals surface area contributed by atoms with E-state index in [1.54, 1.807) is 102 Å². The lowest BCUT2D eigenvalue weighted by Crippen LogP contribution is -2.31. The fraction of sp³-hybridized carbons (Fsp3) is 0.148. The third-order valence-electron chi connectivity index (χ3n) is 12.8. The number of carbonyl (C=O) groups is 2. The van der Waals surface area contributed by atoms with Gasteiger partial charge < -0.3 is 36.9 Å². The van der Waals surface area contributed by atoms with Crippen molar-refractivity contribution in [2.45, 2.75) is 29.8 Å². The molecule has 0 aliphatic carbocycles. The number of hydrogen-bond acceptors (Lipinski definition) is 12. The van der Waals surface area contributed by atoms with Gasteiger partial charge in [0.2, 0.25) is 23.3 Å². The Morgan fingerprint density at radius 2 is 1.12 bits per heavy atom. The molecule has 0 spiro atoms. The molecule has 9 aromatic rings. The Labute approximate surface area is 420 Å². The molecular weight excluding hydrogens is 941 g/mol. The van der Waals surface area contributed by atoms with Crippen molar-refractivity contribution in [2.24, 2.45) is 0 Å². The largest absolute Gasteiger partial charge is 0.399 e. The Bertz CT molecular complexity index is 3740. The number of benzene rings is 5. The molecule has 2 aliphatic rings. The minimum absolute atomic E-state index is 0.0157. The van der Waals surface area contributed by atoms with Crippen LogP contribution in [0, 0.1) is 13.1 Å². The van der Waals surface area contributed by atoms with Gasteiger partial charge in [-0.2, -0.15) is 0 Å². The number of rotatable bonds is 10. The number of para-hydroxylation sites is 2. The molecule has 0 unspecified atom stereocenters. The first-order chi connectivity index (χ1) is 35.5. The minimum Gasteiger partial charge on any atom is -0.399 e. The van der Waals surface area contributed by atoms with Gasteiger partial charge in [0.05, 0.1) is 34.9 Å². The SMILES string of the molecule is [C-]#[N+]c1cnc(N[C@@H]2CCN(C(=O)c3ccc(N)cc3)C2)nc1-c1c[nH]c2ccccc12.[C-]#[N+]c1cnc(N[C@@H]2CCN(C(=O)c3ccc(N)cc3)C2)nc1-c1cn(S(=O)(=O)c2ccccc2)c2ccccc12. The number of nitrogens with one attached hydrogen (secondary N) is 3. The Balaban J connectivity index is 0.000000173. The van der Waals surface area contributed by atoms with Gasteiger partial charge in [-0.3, -0.25) is 9.59 Å². The van der Waals surface area contributed by atoms with Crippen molar-refractivity contribution in [3.63, 3.8) is 0 Å². The van der Waals surface area contributed by atoms with Crippen molar-refractivity contribution in [3.05, 3.63) is 186 Å². The molecule has 6 heterocycles. The third-order valence-corrected chi connectivity index (χ3v) is 14.5. The first-order valence-electron chi connectivity index (χ1n) is 23.3. The zero-order valence-corrected chi connectivity index (χ0v) is 39.9. The predicted molar refractivity (Wildman–Crippen MR) is 281 cm³/mol. The zero-order chi connectivity index (χ0) is 50.6. The van der Waals surface area contributed by atoms with Crippen LogP contribution in [0.25, 0.3) is 54.0 Å². The van der Waals surface area contributed by atoms with Gasteiger partial charge >= 0.3 is 0 Å². The molecule has 19 heteroatoms. The first kappa shape index (κ1) is 47.1. The molecule has 2 amide bonds. The zero-order valence-electron chi connectivity index (χ0n) is 39.1. The molecule has 7 N–H and O–H groups in total. The summed E-state index contributed by atoms with van der Waals surface area (Å²) in [5.74, 6) is 0.649. The maximum atomic E-state index is 13.6. The van der Waals surface area contributed by atoms with Gasteiger partial charge in [0.25, 0.3) is 21.8 Å². The van der Waals surface area contributed by atoms with Crippen LogP contribution in [0.5, 0.6) is 0 Å². The van der Waals surface area contributed by atoms with Gasteiger partial charge in [0.1, 0.15) is 0 Å². The molecule has 0 saturated carbocycles. The highest BCUT2D eigenvalue weighted by Gasteiger charge is 2.30. The smallest absolute Gasteiger partial charge is 0.268 e. The fourth-order valence-electron chi connectivity index (χ4n) is 9.07. The third kappa shape index (κ3) is 9.68. The summed E-state index contributed by atoms with van der Waals surface area (Å²) in [5, 5.41) is 8.28. The summed E-state index contributed by atoms with van der Waals surface area (Å²) in [5.41, 5.74) is 18.2. The van der Waals surface area contributed by atoms with E-state index in [1.165, 1.54) is 16.4 Å². The Kier molecular flexibility index (Phi) is 12.9. The van der Waals surface area contributed by atoms with E-state index in [-0.39, 0.29) is 34.5 Å². The Morgan fingerprint density at radius 3 is 1.67 bits per heavy atom. The number of H-pyrrole nitrogens is 1. The second kappa shape index (κ2) is 20.0. The summed E-state index contributed by atoms with van der Waals surface area (Å²) in [6.07, 6.45) is 7.84. The van der Waals surface area contributed by atoms with E-state index in [0.717, 1.165) is 22.9 Å². The normalized spacial score (nSPS) is 15.3. The summed E-state index contributed by atoms with van der Waals surface area (Å²) in [6.45, 7) is 17.5. The number of amides is 2. The molecule has 5 aromatic carbocycles. The van der Waals surface area contributed by atoms with Crippen LogP contribution in [-0.4, -0.2) is 97.2 Å². The van der Waals surface area contributed by atoms with Crippen molar-refractivity contribution in [2.75, 3.05) is 48.3 Å². The number of nitrogen functional groups attached to an aromatic ring is 2. The van der Waals surface area contributed by atoms with Crippen LogP contribution in [0.4, 0.5) is 34.6 Å². The average molecular weight is 987 g/mol. The summed E-state index contributed by atoms with van der Waals surface area (Å²) in [4.78, 5) is 57.9. The second-order valence-corrected chi connectivity index (χ2v) is 19.3. The van der Waals surface area contributed by atoms with Gasteiger partial charge in [-0.15, -0.1) is 0 Å². The molecule has 0 bridgehead atoms. The lowest BCUT2D eigenvalue weighted by Gasteiger charge is -2.17. The number of carbonyl (C=O) groups excluding carboxylic acids is 2. The standard InChI is InChI=1S/C30H25N7O3S.C24H21N7O/c1-32-26-17-33-30(34-22-15-16-36(18-22)29(38)20-11-13-21(31)14-12-20)35-28(26)25-19-37(27-10-6-5-9-24(25)27)41(39,40)23-7-3-2-4-8-23;1-26-21-13-28-24(30-22(21)19-12-27-20-5-3-2-4-18(19)20)29-17-10-11-31(14-17)23(32)15-6-8-16(25)9-7-15/h2-14,17,19,22H,15-16,18,31H2,(H,33,34,35);2-9,12-13,17,27H,10-11,14,25H2,(H,28,29,30)/t22-;17-/m11/s1. The van der Waals surface area contributed by atoms with E-state index in [4.69, 9.17) is 24.6 Å². The molecule has 2 atom stereocenters. The molecule has 2 saturated heterocycles. The van der Waals surface area contributed by atoms with Crippen molar-refractivity contribution < 1.29 is 18.0 Å². The first-order valence-corrected chi connectivity index (χ1v) is 24.7. The van der Waals surface area contributed by atoms with Crippen molar-refractivity contribution >= 4 is 78.3 Å². The molecular formula is C54H46N14O4S. The highest BCUT2D eigenvalue weighted by Crippen LogP contribution is 2.38. The molecule has 362 valence electrons. The van der Waals surface area contributed by atoms with E-state index in [2.05, 4.69) is 45.2 Å². The van der Waals surface area contributed by atoms with Gasteiger partial charge in [-0.25, -0.2) is 42.0 Å². The highest BCUT2D eigenvalue weighted by atomic mass is 32.2. The lowest BCUT2D eigenvalue weighted by atomic mass is 10.1. The number of nitrogens with two attached hydrogens (primary N) is 2. The van der Waals surface area contributed by atoms with E-state index in [0.29, 0.717) is 101 Å². The predicted octanol–water partition coefficient (Wildman–Crippen LogP) is 8.88. The molecule has 2 fully saturated rings. The number of anilines is 4. The Morgan fingerprint density at radius 1 is 0.630 bits per heavy atom. The van der Waals surface area contributed by atoms with E-state index >= 15 is 0 Å². The van der Waals surface area contributed by atoms with E-state index < -0.39 is 10.0 Å². The fourth-order valence-corrected chi connectivity index (χ4v) is 10.5. The number of nitrogens with zero attached hydrogens (tertiary/aromatic N) is 9. The van der Waals surface area contributed by atoms with E-state index in [1.807, 2.05) is 47.5 Å². The summed E-state index contributed by atoms with van der Waals surface area (Å²) in [6, 6.07) is 37.0. The number of hydrogen-bond donors (Lipinski definition) is 5. The van der Waals surface area contributed by atoms with Crippen LogP contribution >= 0.6 is 0 Å². The van der Waals surface area contributed by atoms with Crippen LogP contribution in [0.3, 0.4) is 0 Å². The van der Waals surface area contributed by atoms with Crippen LogP contribution < -0.4 is 22.1 Å². The summed E-state index contributed by atoms with van der Waals surface area (Å²) >= 11 is 0. The number of aromatic nitrogens is 6. The van der Waals surface area contributed by atoms with Crippen molar-refractivity contribution in [1.29, 1.82) is 0 Å². The molecule has 11 rings (SSSR count). The highest BCUT2D eigenvalue weighted by molar-refractivity contribution is 7.90. The van der Waals surface area contributed by atoms with Crippen molar-refractivity contribution in [3.8, 4) is 22.5 Å². The monoisotopic (exact) mass is 986 g/mol. The maximum absolute atomic E-state index is 13.6. The topological polar surface area (TPSA) is 232 Å². The van der Waals surface area contributed by atoms with Gasteiger partial charge in [-0.1, -0.05) is 54.6 Å². The van der Waals surface area contributed by atoms with E-state index in [9.17, 15) is 18.0 Å². The van der Waals surface area contributed by atoms with Crippen LogP contribution in [-0.2, 0) is 10.0 Å². The molecule has 18 nitrogen and oxygen atoms in total. The van der Waals surface area contributed by atoms with Crippen LogP contribution in [0.2, 0.25) is 0 Å². The van der Waals surface area contributed by atoms with Gasteiger partial charge in [0.15, 0.2) is 0 Å². The number of fused-ring (bicyclic) bond motifs is 2. The van der Waals surface area contributed by atoms with Crippen LogP contribution in [0.15, 0.2) is 157 Å². The average Bonchev–Trinajstić information content (AvgIpc) is 4.26. The maximum Gasteiger partial charge on any atom is 0.268 e.